The number of benzene rings is 2. The van der Waals surface area contributed by atoms with Crippen molar-refractivity contribution in [3.63, 3.8) is 0 Å². The molecule has 2 heterocycles. The fourth-order valence-electron chi connectivity index (χ4n) is 3.88. The van der Waals surface area contributed by atoms with E-state index in [1.54, 1.807) is 12.1 Å². The number of carbonyl (C=O) groups is 2. The van der Waals surface area contributed by atoms with Gasteiger partial charge in [-0.1, -0.05) is 12.1 Å². The van der Waals surface area contributed by atoms with Crippen molar-refractivity contribution in [3.8, 4) is 0 Å². The van der Waals surface area contributed by atoms with Gasteiger partial charge in [-0.3, -0.25) is 9.59 Å². The number of aromatic nitrogens is 2. The molecule has 0 spiro atoms. The first-order valence-electron chi connectivity index (χ1n) is 11.0. The van der Waals surface area contributed by atoms with Crippen LogP contribution in [0.4, 0.5) is 29.1 Å². The molecule has 0 atom stereocenters. The van der Waals surface area contributed by atoms with E-state index in [1.165, 1.54) is 35.2 Å². The Bertz CT molecular complexity index is 1260. The van der Waals surface area contributed by atoms with Gasteiger partial charge in [0.15, 0.2) is 11.5 Å². The van der Waals surface area contributed by atoms with Crippen molar-refractivity contribution in [3.05, 3.63) is 82.8 Å². The molecule has 2 amide bonds. The van der Waals surface area contributed by atoms with Crippen LogP contribution in [0, 0.1) is 5.82 Å². The maximum Gasteiger partial charge on any atom is 0.417 e. The number of nitrogens with two attached hydrogens (primary N) is 1. The van der Waals surface area contributed by atoms with E-state index in [9.17, 15) is 27.2 Å². The quantitative estimate of drug-likeness (QED) is 0.519. The number of nitrogens with one attached hydrogen (secondary N) is 1. The molecule has 36 heavy (non-hydrogen) atoms. The second-order valence-corrected chi connectivity index (χ2v) is 8.11. The van der Waals surface area contributed by atoms with Crippen LogP contribution in [0.25, 0.3) is 0 Å². The monoisotopic (exact) mass is 502 g/mol. The standard InChI is InChI=1S/C24H22F4N6O2/c25-16-11-15(14-29)12-17(13-16)30-22(35)20-5-6-21(32-31-20)33-7-9-34(10-8-33)23(36)18-3-1-2-4-19(18)24(26,27)28/h1-6,11-13H,7-10,14,29H2,(H,30,35). The fraction of sp³-hybridized carbons (Fsp3) is 0.250. The molecule has 3 aromatic rings. The van der Waals surface area contributed by atoms with Gasteiger partial charge < -0.3 is 20.9 Å². The third-order valence-corrected chi connectivity index (χ3v) is 5.69. The van der Waals surface area contributed by atoms with Gasteiger partial charge in [0.25, 0.3) is 11.8 Å². The normalized spacial score (nSPS) is 14.0. The summed E-state index contributed by atoms with van der Waals surface area (Å²) in [7, 11) is 0. The number of hydrogen-bond acceptors (Lipinski definition) is 6. The minimum Gasteiger partial charge on any atom is -0.352 e. The van der Waals surface area contributed by atoms with Crippen LogP contribution in [0.15, 0.2) is 54.6 Å². The number of amides is 2. The molecule has 188 valence electrons. The molecule has 1 aromatic heterocycles. The van der Waals surface area contributed by atoms with Gasteiger partial charge >= 0.3 is 6.18 Å². The molecule has 3 N–H and O–H groups in total. The molecule has 0 radical (unpaired) electrons. The second-order valence-electron chi connectivity index (χ2n) is 8.11. The third-order valence-electron chi connectivity index (χ3n) is 5.69. The predicted octanol–water partition coefficient (Wildman–Crippen LogP) is 3.31. The summed E-state index contributed by atoms with van der Waals surface area (Å²) in [5.74, 6) is -1.35. The number of nitrogens with zero attached hydrogens (tertiary/aromatic N) is 4. The fourth-order valence-corrected chi connectivity index (χ4v) is 3.88. The van der Waals surface area contributed by atoms with Crippen LogP contribution in [-0.2, 0) is 12.7 Å². The summed E-state index contributed by atoms with van der Waals surface area (Å²) < 4.78 is 53.5. The maximum atomic E-state index is 13.7. The largest absolute Gasteiger partial charge is 0.417 e. The molecule has 1 saturated heterocycles. The Labute approximate surface area is 203 Å². The van der Waals surface area contributed by atoms with Gasteiger partial charge in [0.1, 0.15) is 5.82 Å². The lowest BCUT2D eigenvalue weighted by atomic mass is 10.1. The zero-order valence-corrected chi connectivity index (χ0v) is 18.9. The Balaban J connectivity index is 1.38. The van der Waals surface area contributed by atoms with Crippen molar-refractivity contribution in [1.82, 2.24) is 15.1 Å². The Hall–Kier alpha value is -4.06. The molecular weight excluding hydrogens is 480 g/mol. The third kappa shape index (κ3) is 5.60. The van der Waals surface area contributed by atoms with Gasteiger partial charge in [-0.05, 0) is 48.0 Å². The Morgan fingerprint density at radius 1 is 0.972 bits per heavy atom. The van der Waals surface area contributed by atoms with E-state index in [-0.39, 0.29) is 36.6 Å². The average molecular weight is 502 g/mol. The van der Waals surface area contributed by atoms with Crippen LogP contribution in [0.2, 0.25) is 0 Å². The second kappa shape index (κ2) is 10.3. The number of alkyl halides is 3. The molecule has 0 aliphatic carbocycles. The Morgan fingerprint density at radius 3 is 2.33 bits per heavy atom. The first-order chi connectivity index (χ1) is 17.2. The van der Waals surface area contributed by atoms with Crippen LogP contribution in [0.5, 0.6) is 0 Å². The number of rotatable bonds is 5. The van der Waals surface area contributed by atoms with E-state index in [4.69, 9.17) is 5.73 Å². The van der Waals surface area contributed by atoms with E-state index < -0.39 is 29.4 Å². The molecule has 0 bridgehead atoms. The zero-order valence-electron chi connectivity index (χ0n) is 18.9. The number of anilines is 2. The lowest BCUT2D eigenvalue weighted by Crippen LogP contribution is -2.49. The average Bonchev–Trinajstić information content (AvgIpc) is 2.87. The highest BCUT2D eigenvalue weighted by Gasteiger charge is 2.36. The molecule has 8 nitrogen and oxygen atoms in total. The predicted molar refractivity (Wildman–Crippen MR) is 124 cm³/mol. The molecule has 2 aromatic carbocycles. The van der Waals surface area contributed by atoms with Crippen molar-refractivity contribution >= 4 is 23.3 Å². The van der Waals surface area contributed by atoms with Crippen LogP contribution in [0.1, 0.15) is 32.0 Å². The number of halogens is 4. The van der Waals surface area contributed by atoms with Crippen molar-refractivity contribution in [1.29, 1.82) is 0 Å². The molecule has 1 fully saturated rings. The lowest BCUT2D eigenvalue weighted by molar-refractivity contribution is -0.138. The first-order valence-corrected chi connectivity index (χ1v) is 11.0. The van der Waals surface area contributed by atoms with Crippen molar-refractivity contribution in [2.75, 3.05) is 36.4 Å². The summed E-state index contributed by atoms with van der Waals surface area (Å²) >= 11 is 0. The minimum absolute atomic E-state index is 0.00915. The highest BCUT2D eigenvalue weighted by Crippen LogP contribution is 2.32. The summed E-state index contributed by atoms with van der Waals surface area (Å²) in [5.41, 5.74) is 4.94. The number of hydrogen-bond donors (Lipinski definition) is 2. The zero-order chi connectivity index (χ0) is 25.9. The molecule has 1 aliphatic heterocycles. The summed E-state index contributed by atoms with van der Waals surface area (Å²) in [5, 5.41) is 10.5. The van der Waals surface area contributed by atoms with Crippen molar-refractivity contribution in [2.45, 2.75) is 12.7 Å². The van der Waals surface area contributed by atoms with Crippen LogP contribution in [0.3, 0.4) is 0 Å². The molecule has 0 unspecified atom stereocenters. The maximum absolute atomic E-state index is 13.7. The minimum atomic E-state index is -4.63. The summed E-state index contributed by atoms with van der Waals surface area (Å²) in [6.45, 7) is 1.15. The molecule has 1 aliphatic rings. The Morgan fingerprint density at radius 2 is 1.69 bits per heavy atom. The summed E-state index contributed by atoms with van der Waals surface area (Å²) in [4.78, 5) is 28.4. The number of piperazine rings is 1. The molecule has 4 rings (SSSR count). The van der Waals surface area contributed by atoms with Crippen LogP contribution < -0.4 is 16.0 Å². The van der Waals surface area contributed by atoms with Gasteiger partial charge in [0.05, 0.1) is 11.1 Å². The van der Waals surface area contributed by atoms with Crippen LogP contribution in [-0.4, -0.2) is 53.1 Å². The van der Waals surface area contributed by atoms with E-state index in [1.807, 2.05) is 4.90 Å². The van der Waals surface area contributed by atoms with Gasteiger partial charge in [-0.25, -0.2) is 4.39 Å². The lowest BCUT2D eigenvalue weighted by Gasteiger charge is -2.35. The molecule has 12 heteroatoms. The first kappa shape index (κ1) is 25.0. The SMILES string of the molecule is NCc1cc(F)cc(NC(=O)c2ccc(N3CCN(C(=O)c4ccccc4C(F)(F)F)CC3)nn2)c1. The summed E-state index contributed by atoms with van der Waals surface area (Å²) in [6.07, 6.45) is -4.63. The molecular formula is C24H22F4N6O2. The smallest absolute Gasteiger partial charge is 0.352 e. The van der Waals surface area contributed by atoms with E-state index >= 15 is 0 Å². The van der Waals surface area contributed by atoms with E-state index in [0.717, 1.165) is 12.1 Å². The summed E-state index contributed by atoms with van der Waals surface area (Å²) in [6, 6.07) is 11.7. The molecule has 0 saturated carbocycles. The van der Waals surface area contributed by atoms with Gasteiger partial charge in [-0.15, -0.1) is 10.2 Å². The van der Waals surface area contributed by atoms with Gasteiger partial charge in [-0.2, -0.15) is 13.2 Å². The van der Waals surface area contributed by atoms with Gasteiger partial charge in [0, 0.05) is 38.4 Å². The van der Waals surface area contributed by atoms with Crippen LogP contribution >= 0.6 is 0 Å². The van der Waals surface area contributed by atoms with Gasteiger partial charge in [0.2, 0.25) is 0 Å². The number of carbonyl (C=O) groups excluding carboxylic acids is 2. The van der Waals surface area contributed by atoms with Crippen molar-refractivity contribution < 1.29 is 27.2 Å². The topological polar surface area (TPSA) is 104 Å². The van der Waals surface area contributed by atoms with E-state index in [0.29, 0.717) is 24.5 Å². The van der Waals surface area contributed by atoms with Crippen molar-refractivity contribution in [2.24, 2.45) is 5.73 Å². The highest BCUT2D eigenvalue weighted by atomic mass is 19.4. The van der Waals surface area contributed by atoms with E-state index in [2.05, 4.69) is 15.5 Å². The Kier molecular flexibility index (Phi) is 7.15. The highest BCUT2D eigenvalue weighted by molar-refractivity contribution is 6.02.